The van der Waals surface area contributed by atoms with Gasteiger partial charge in [-0.05, 0) is 13.1 Å². The Morgan fingerprint density at radius 2 is 2.30 bits per heavy atom. The van der Waals surface area contributed by atoms with Crippen LogP contribution in [0.15, 0.2) is 16.8 Å². The minimum atomic E-state index is 0.994. The van der Waals surface area contributed by atoms with E-state index in [0.717, 1.165) is 13.0 Å². The van der Waals surface area contributed by atoms with E-state index in [1.807, 2.05) is 7.05 Å². The Hall–Kier alpha value is -0.790. The van der Waals surface area contributed by atoms with Crippen molar-refractivity contribution in [2.75, 3.05) is 20.6 Å². The van der Waals surface area contributed by atoms with Crippen LogP contribution in [0.3, 0.4) is 0 Å². The molecular formula is C8H14N2. The van der Waals surface area contributed by atoms with E-state index in [1.165, 1.54) is 11.3 Å². The van der Waals surface area contributed by atoms with E-state index in [9.17, 15) is 0 Å². The molecule has 0 atom stereocenters. The van der Waals surface area contributed by atoms with Gasteiger partial charge in [-0.15, -0.1) is 0 Å². The fraction of sp³-hybridized carbons (Fsp3) is 0.625. The highest BCUT2D eigenvalue weighted by atomic mass is 15.1. The van der Waals surface area contributed by atoms with E-state index in [-0.39, 0.29) is 0 Å². The lowest BCUT2D eigenvalue weighted by Crippen LogP contribution is -2.25. The summed E-state index contributed by atoms with van der Waals surface area (Å²) in [7, 11) is 3.94. The second-order valence-electron chi connectivity index (χ2n) is 2.86. The molecule has 0 radical (unpaired) electrons. The summed E-state index contributed by atoms with van der Waals surface area (Å²) < 4.78 is 0. The number of aliphatic imine (C=N–C) groups is 1. The number of nitrogens with zero attached hydrogens (tertiary/aromatic N) is 2. The molecule has 0 bridgehead atoms. The first kappa shape index (κ1) is 7.32. The van der Waals surface area contributed by atoms with Crippen molar-refractivity contribution in [3.63, 3.8) is 0 Å². The topological polar surface area (TPSA) is 15.6 Å². The van der Waals surface area contributed by atoms with Crippen LogP contribution in [0.4, 0.5) is 0 Å². The second-order valence-corrected chi connectivity index (χ2v) is 2.86. The zero-order chi connectivity index (χ0) is 7.56. The molecule has 0 saturated carbocycles. The van der Waals surface area contributed by atoms with Crippen LogP contribution in [-0.2, 0) is 0 Å². The van der Waals surface area contributed by atoms with Crippen molar-refractivity contribution in [1.29, 1.82) is 0 Å². The molecule has 0 aromatic heterocycles. The van der Waals surface area contributed by atoms with Crippen molar-refractivity contribution < 1.29 is 0 Å². The molecule has 56 valence electrons. The second kappa shape index (κ2) is 2.86. The fourth-order valence-corrected chi connectivity index (χ4v) is 1.28. The summed E-state index contributed by atoms with van der Waals surface area (Å²) in [4.78, 5) is 6.35. The molecule has 0 unspecified atom stereocenters. The average molecular weight is 138 g/mol. The molecule has 0 aliphatic carbocycles. The van der Waals surface area contributed by atoms with Crippen molar-refractivity contribution in [3.05, 3.63) is 11.8 Å². The van der Waals surface area contributed by atoms with Crippen LogP contribution < -0.4 is 0 Å². The van der Waals surface area contributed by atoms with Gasteiger partial charge in [0.05, 0.1) is 6.54 Å². The monoisotopic (exact) mass is 138 g/mol. The number of hydrogen-bond donors (Lipinski definition) is 0. The van der Waals surface area contributed by atoms with Gasteiger partial charge in [0.2, 0.25) is 0 Å². The summed E-state index contributed by atoms with van der Waals surface area (Å²) >= 11 is 0. The van der Waals surface area contributed by atoms with E-state index < -0.39 is 0 Å². The number of hydrogen-bond acceptors (Lipinski definition) is 2. The zero-order valence-electron chi connectivity index (χ0n) is 6.89. The first-order chi connectivity index (χ1) is 4.72. The van der Waals surface area contributed by atoms with Gasteiger partial charge >= 0.3 is 0 Å². The van der Waals surface area contributed by atoms with E-state index in [0.29, 0.717) is 0 Å². The van der Waals surface area contributed by atoms with Crippen molar-refractivity contribution in [1.82, 2.24) is 4.90 Å². The Morgan fingerprint density at radius 1 is 1.60 bits per heavy atom. The summed E-state index contributed by atoms with van der Waals surface area (Å²) in [5.41, 5.74) is 2.68. The standard InChI is InChI=1S/C8H14N2/c1-7-4-8(9-2)6-10(3)5-7/h5H,4,6H2,1-3H3. The molecule has 0 N–H and O–H groups in total. The van der Waals surface area contributed by atoms with E-state index >= 15 is 0 Å². The predicted octanol–water partition coefficient (Wildman–Crippen LogP) is 1.30. The highest BCUT2D eigenvalue weighted by molar-refractivity contribution is 5.89. The van der Waals surface area contributed by atoms with Crippen molar-refractivity contribution in [2.24, 2.45) is 4.99 Å². The van der Waals surface area contributed by atoms with Crippen LogP contribution in [0.2, 0.25) is 0 Å². The van der Waals surface area contributed by atoms with Gasteiger partial charge in [-0.25, -0.2) is 0 Å². The van der Waals surface area contributed by atoms with Crippen LogP contribution in [-0.4, -0.2) is 31.3 Å². The van der Waals surface area contributed by atoms with Crippen LogP contribution in [0.1, 0.15) is 13.3 Å². The van der Waals surface area contributed by atoms with Gasteiger partial charge in [0, 0.05) is 26.2 Å². The largest absolute Gasteiger partial charge is 0.375 e. The first-order valence-electron chi connectivity index (χ1n) is 3.54. The Bertz CT molecular complexity index is 180. The third kappa shape index (κ3) is 1.59. The van der Waals surface area contributed by atoms with Gasteiger partial charge in [0.1, 0.15) is 0 Å². The minimum Gasteiger partial charge on any atom is -0.375 e. The van der Waals surface area contributed by atoms with Crippen molar-refractivity contribution in [2.45, 2.75) is 13.3 Å². The van der Waals surface area contributed by atoms with E-state index in [1.54, 1.807) is 0 Å². The number of allylic oxidation sites excluding steroid dienone is 1. The van der Waals surface area contributed by atoms with Gasteiger partial charge in [0.15, 0.2) is 0 Å². The lowest BCUT2D eigenvalue weighted by atomic mass is 10.1. The first-order valence-corrected chi connectivity index (χ1v) is 3.54. The normalized spacial score (nSPS) is 23.3. The van der Waals surface area contributed by atoms with E-state index in [2.05, 4.69) is 30.1 Å². The predicted molar refractivity (Wildman–Crippen MR) is 44.4 cm³/mol. The molecule has 2 heteroatoms. The summed E-state index contributed by atoms with van der Waals surface area (Å²) in [6.45, 7) is 3.13. The van der Waals surface area contributed by atoms with Crippen molar-refractivity contribution >= 4 is 5.71 Å². The molecule has 1 aliphatic rings. The van der Waals surface area contributed by atoms with Gasteiger partial charge < -0.3 is 4.90 Å². The van der Waals surface area contributed by atoms with Crippen LogP contribution in [0.25, 0.3) is 0 Å². The quantitative estimate of drug-likeness (QED) is 0.492. The smallest absolute Gasteiger partial charge is 0.0552 e. The molecule has 0 aromatic carbocycles. The summed E-state index contributed by atoms with van der Waals surface area (Å²) in [5.74, 6) is 0. The van der Waals surface area contributed by atoms with E-state index in [4.69, 9.17) is 0 Å². The lowest BCUT2D eigenvalue weighted by Gasteiger charge is -2.22. The molecule has 1 aliphatic heterocycles. The maximum absolute atomic E-state index is 4.18. The molecule has 1 heterocycles. The van der Waals surface area contributed by atoms with Gasteiger partial charge in [-0.1, -0.05) is 5.57 Å². The fourth-order valence-electron chi connectivity index (χ4n) is 1.28. The minimum absolute atomic E-state index is 0.994. The molecule has 10 heavy (non-hydrogen) atoms. The van der Waals surface area contributed by atoms with Crippen LogP contribution in [0, 0.1) is 0 Å². The Morgan fingerprint density at radius 3 is 2.80 bits per heavy atom. The molecule has 2 nitrogen and oxygen atoms in total. The molecule has 0 amide bonds. The highest BCUT2D eigenvalue weighted by Crippen LogP contribution is 2.09. The van der Waals surface area contributed by atoms with Crippen LogP contribution >= 0.6 is 0 Å². The third-order valence-corrected chi connectivity index (χ3v) is 1.67. The Labute approximate surface area is 62.3 Å². The lowest BCUT2D eigenvalue weighted by molar-refractivity contribution is 0.505. The maximum atomic E-state index is 4.18. The Balaban J connectivity index is 2.70. The van der Waals surface area contributed by atoms with Crippen molar-refractivity contribution in [3.8, 4) is 0 Å². The zero-order valence-corrected chi connectivity index (χ0v) is 6.89. The summed E-state index contributed by atoms with van der Waals surface area (Å²) in [6.07, 6.45) is 3.23. The molecule has 0 aromatic rings. The van der Waals surface area contributed by atoms with Crippen LogP contribution in [0.5, 0.6) is 0 Å². The maximum Gasteiger partial charge on any atom is 0.0552 e. The molecule has 0 fully saturated rings. The summed E-state index contributed by atoms with van der Waals surface area (Å²) in [5, 5.41) is 0. The highest BCUT2D eigenvalue weighted by Gasteiger charge is 2.08. The molecule has 0 spiro atoms. The number of rotatable bonds is 0. The SMILES string of the molecule is CN=C1CC(C)=CN(C)C1. The Kier molecular flexibility index (Phi) is 2.10. The molecule has 0 saturated heterocycles. The van der Waals surface area contributed by atoms with Gasteiger partial charge in [-0.3, -0.25) is 4.99 Å². The average Bonchev–Trinajstić information content (AvgIpc) is 1.85. The molecular weight excluding hydrogens is 124 g/mol. The summed E-state index contributed by atoms with van der Waals surface area (Å²) in [6, 6.07) is 0. The van der Waals surface area contributed by atoms with Gasteiger partial charge in [-0.2, -0.15) is 0 Å². The third-order valence-electron chi connectivity index (χ3n) is 1.67. The van der Waals surface area contributed by atoms with Gasteiger partial charge in [0.25, 0.3) is 0 Å². The molecule has 1 rings (SSSR count).